The zero-order valence-electron chi connectivity index (χ0n) is 11.1. The quantitative estimate of drug-likeness (QED) is 0.751. The smallest absolute Gasteiger partial charge is 0.308 e. The van der Waals surface area contributed by atoms with Gasteiger partial charge in [0.15, 0.2) is 11.6 Å². The Bertz CT molecular complexity index is 328. The molecule has 18 heavy (non-hydrogen) atoms. The van der Waals surface area contributed by atoms with Gasteiger partial charge in [-0.2, -0.15) is 0 Å². The summed E-state index contributed by atoms with van der Waals surface area (Å²) in [5, 5.41) is 0. The van der Waals surface area contributed by atoms with E-state index in [2.05, 4.69) is 0 Å². The largest absolute Gasteiger partial charge is 0.466 e. The van der Waals surface area contributed by atoms with E-state index in [1.165, 1.54) is 12.1 Å². The van der Waals surface area contributed by atoms with Crippen molar-refractivity contribution in [2.45, 2.75) is 33.6 Å². The van der Waals surface area contributed by atoms with Gasteiger partial charge in [0.1, 0.15) is 0 Å². The Balaban J connectivity index is 0.000000283. The number of rotatable bonds is 2. The fourth-order valence-corrected chi connectivity index (χ4v) is 1.02. The minimum absolute atomic E-state index is 0.00694. The molecule has 102 valence electrons. The fraction of sp³-hybridized carbons (Fsp3) is 0.500. The number of halogens is 2. The van der Waals surface area contributed by atoms with Gasteiger partial charge in [-0.05, 0) is 31.9 Å². The van der Waals surface area contributed by atoms with Crippen LogP contribution in [0.2, 0.25) is 0 Å². The monoisotopic (exact) mass is 258 g/mol. The van der Waals surface area contributed by atoms with Gasteiger partial charge >= 0.3 is 5.97 Å². The normalized spacial score (nSPS) is 12.5. The second-order valence-corrected chi connectivity index (χ2v) is 3.44. The van der Waals surface area contributed by atoms with Gasteiger partial charge in [-0.3, -0.25) is 4.79 Å². The van der Waals surface area contributed by atoms with Gasteiger partial charge in [-0.15, -0.1) is 0 Å². The highest BCUT2D eigenvalue weighted by Gasteiger charge is 2.30. The van der Waals surface area contributed by atoms with Crippen LogP contribution in [0, 0.1) is 17.6 Å². The second kappa shape index (κ2) is 9.57. The Morgan fingerprint density at radius 3 is 1.94 bits per heavy atom. The first kappa shape index (κ1) is 16.6. The number of hydrogen-bond acceptors (Lipinski definition) is 2. The lowest BCUT2D eigenvalue weighted by molar-refractivity contribution is -0.144. The topological polar surface area (TPSA) is 26.3 Å². The van der Waals surface area contributed by atoms with E-state index >= 15 is 0 Å². The maximum Gasteiger partial charge on any atom is 0.308 e. The summed E-state index contributed by atoms with van der Waals surface area (Å²) in [5.41, 5.74) is 0. The highest BCUT2D eigenvalue weighted by molar-refractivity contribution is 5.74. The van der Waals surface area contributed by atoms with Crippen molar-refractivity contribution in [3.05, 3.63) is 35.9 Å². The lowest BCUT2D eigenvalue weighted by atomic mass is 10.3. The molecule has 0 aromatic heterocycles. The Labute approximate surface area is 107 Å². The van der Waals surface area contributed by atoms with Crippen molar-refractivity contribution < 1.29 is 18.3 Å². The van der Waals surface area contributed by atoms with Crippen LogP contribution in [-0.2, 0) is 9.53 Å². The summed E-state index contributed by atoms with van der Waals surface area (Å²) in [6, 6.07) is 5.04. The number of hydrogen-bond donors (Lipinski definition) is 0. The van der Waals surface area contributed by atoms with Crippen molar-refractivity contribution in [3.63, 3.8) is 0 Å². The van der Waals surface area contributed by atoms with Crippen molar-refractivity contribution >= 4 is 5.97 Å². The molecule has 1 aromatic rings. The van der Waals surface area contributed by atoms with Crippen LogP contribution in [0.3, 0.4) is 0 Å². The van der Waals surface area contributed by atoms with Crippen molar-refractivity contribution in [2.24, 2.45) is 5.92 Å². The van der Waals surface area contributed by atoms with E-state index in [1.807, 2.05) is 20.8 Å². The molecule has 0 N–H and O–H groups in total. The summed E-state index contributed by atoms with van der Waals surface area (Å²) in [5.74, 6) is -1.34. The van der Waals surface area contributed by atoms with E-state index < -0.39 is 11.6 Å². The van der Waals surface area contributed by atoms with Crippen molar-refractivity contribution in [1.82, 2.24) is 0 Å². The molecule has 0 saturated heterocycles. The molecule has 1 fully saturated rings. The Morgan fingerprint density at radius 2 is 1.67 bits per heavy atom. The number of benzene rings is 1. The molecular weight excluding hydrogens is 238 g/mol. The molecule has 1 saturated carbocycles. The first-order valence-electron chi connectivity index (χ1n) is 6.21. The molecule has 0 bridgehead atoms. The SMILES string of the molecule is CC.CCOC(=O)C1CC1.Fc1ccccc1F. The van der Waals surface area contributed by atoms with Gasteiger partial charge in [0.05, 0.1) is 12.5 Å². The predicted octanol–water partition coefficient (Wildman–Crippen LogP) is 3.95. The third kappa shape index (κ3) is 6.99. The standard InChI is InChI=1S/C6H4F2.C6H10O2.C2H6/c7-5-3-1-2-4-6(5)8;1-2-8-6(7)5-3-4-5;1-2/h1-4H;5H,2-4H2,1H3;1-2H3. The van der Waals surface area contributed by atoms with Crippen LogP contribution in [-0.4, -0.2) is 12.6 Å². The zero-order chi connectivity index (χ0) is 14.0. The van der Waals surface area contributed by atoms with Crippen molar-refractivity contribution in [3.8, 4) is 0 Å². The van der Waals surface area contributed by atoms with E-state index in [-0.39, 0.29) is 11.9 Å². The second-order valence-electron chi connectivity index (χ2n) is 3.44. The van der Waals surface area contributed by atoms with Crippen LogP contribution in [0.4, 0.5) is 8.78 Å². The minimum Gasteiger partial charge on any atom is -0.466 e. The zero-order valence-corrected chi connectivity index (χ0v) is 11.1. The molecule has 0 unspecified atom stereocenters. The first-order valence-corrected chi connectivity index (χ1v) is 6.21. The number of carbonyl (C=O) groups is 1. The lowest BCUT2D eigenvalue weighted by Gasteiger charge is -1.95. The van der Waals surface area contributed by atoms with Gasteiger partial charge in [0.2, 0.25) is 0 Å². The summed E-state index contributed by atoms with van der Waals surface area (Å²) in [6.45, 7) is 6.36. The van der Waals surface area contributed by atoms with E-state index in [0.29, 0.717) is 6.61 Å². The first-order chi connectivity index (χ1) is 8.65. The molecule has 0 spiro atoms. The maximum atomic E-state index is 11.9. The number of carbonyl (C=O) groups excluding carboxylic acids is 1. The minimum atomic E-state index is -0.799. The molecule has 1 aliphatic rings. The van der Waals surface area contributed by atoms with Gasteiger partial charge in [-0.1, -0.05) is 26.0 Å². The van der Waals surface area contributed by atoms with Gasteiger partial charge in [0.25, 0.3) is 0 Å². The van der Waals surface area contributed by atoms with Gasteiger partial charge in [0, 0.05) is 0 Å². The van der Waals surface area contributed by atoms with Crippen LogP contribution in [0.5, 0.6) is 0 Å². The van der Waals surface area contributed by atoms with E-state index in [4.69, 9.17) is 4.74 Å². The highest BCUT2D eigenvalue weighted by atomic mass is 19.2. The summed E-state index contributed by atoms with van der Waals surface area (Å²) in [6.07, 6.45) is 2.08. The van der Waals surface area contributed by atoms with Gasteiger partial charge in [-0.25, -0.2) is 8.78 Å². The summed E-state index contributed by atoms with van der Waals surface area (Å²) in [7, 11) is 0. The Morgan fingerprint density at radius 1 is 1.22 bits per heavy atom. The molecule has 0 radical (unpaired) electrons. The predicted molar refractivity (Wildman–Crippen MR) is 67.1 cm³/mol. The molecule has 0 aliphatic heterocycles. The van der Waals surface area contributed by atoms with Crippen LogP contribution in [0.25, 0.3) is 0 Å². The maximum absolute atomic E-state index is 11.9. The van der Waals surface area contributed by atoms with Crippen LogP contribution in [0.1, 0.15) is 33.6 Å². The van der Waals surface area contributed by atoms with Crippen LogP contribution in [0.15, 0.2) is 24.3 Å². The lowest BCUT2D eigenvalue weighted by Crippen LogP contribution is -2.04. The molecule has 2 nitrogen and oxygen atoms in total. The molecule has 2 rings (SSSR count). The molecule has 0 amide bonds. The van der Waals surface area contributed by atoms with Crippen molar-refractivity contribution in [1.29, 1.82) is 0 Å². The number of esters is 1. The van der Waals surface area contributed by atoms with E-state index in [9.17, 15) is 13.6 Å². The average molecular weight is 258 g/mol. The summed E-state index contributed by atoms with van der Waals surface area (Å²) in [4.78, 5) is 10.6. The third-order valence-electron chi connectivity index (χ3n) is 2.02. The molecule has 0 atom stereocenters. The molecule has 1 aromatic carbocycles. The van der Waals surface area contributed by atoms with Crippen molar-refractivity contribution in [2.75, 3.05) is 6.61 Å². The average Bonchev–Trinajstić information content (AvgIpc) is 3.21. The third-order valence-corrected chi connectivity index (χ3v) is 2.02. The molecule has 1 aliphatic carbocycles. The molecular formula is C14H20F2O2. The summed E-state index contributed by atoms with van der Waals surface area (Å²) >= 11 is 0. The fourth-order valence-electron chi connectivity index (χ4n) is 1.02. The highest BCUT2D eigenvalue weighted by Crippen LogP contribution is 2.29. The number of ether oxygens (including phenoxy) is 1. The van der Waals surface area contributed by atoms with E-state index in [0.717, 1.165) is 25.0 Å². The van der Waals surface area contributed by atoms with Crippen LogP contribution < -0.4 is 0 Å². The van der Waals surface area contributed by atoms with E-state index in [1.54, 1.807) is 0 Å². The summed E-state index contributed by atoms with van der Waals surface area (Å²) < 4.78 is 28.6. The molecule has 0 heterocycles. The Kier molecular flexibility index (Phi) is 8.80. The Hall–Kier alpha value is -1.45. The van der Waals surface area contributed by atoms with Crippen LogP contribution >= 0.6 is 0 Å². The molecule has 4 heteroatoms. The van der Waals surface area contributed by atoms with Gasteiger partial charge < -0.3 is 4.74 Å².